The van der Waals surface area contributed by atoms with Gasteiger partial charge in [0.05, 0.1) is 13.2 Å². The fraction of sp³-hybridized carbons (Fsp3) is 0.476. The smallest absolute Gasteiger partial charge is 0.412 e. The van der Waals surface area contributed by atoms with E-state index >= 15 is 0 Å². The second-order valence-corrected chi connectivity index (χ2v) is 5.99. The molecule has 0 aliphatic carbocycles. The third kappa shape index (κ3) is 5.28. The van der Waals surface area contributed by atoms with E-state index < -0.39 is 6.09 Å². The number of benzene rings is 2. The highest BCUT2D eigenvalue weighted by molar-refractivity contribution is 5.97. The van der Waals surface area contributed by atoms with Crippen molar-refractivity contribution >= 4 is 16.9 Å². The summed E-state index contributed by atoms with van der Waals surface area (Å²) in [6.07, 6.45) is 3.93. The standard InChI is InChI=1S/C21H29NO4/c1-4-7-8-11-14-22-21(23)26-20-17-13-10-9-12-16(17)18(24-5-2)15-19(20)25-6-3/h9-10,12-13,15H,4-8,11,14H2,1-3H3,(H,22,23). The van der Waals surface area contributed by atoms with Crippen LogP contribution in [0.25, 0.3) is 10.8 Å². The molecule has 0 aliphatic rings. The molecule has 2 rings (SSSR count). The van der Waals surface area contributed by atoms with Crippen molar-refractivity contribution in [3.05, 3.63) is 30.3 Å². The zero-order valence-electron chi connectivity index (χ0n) is 16.0. The van der Waals surface area contributed by atoms with Crippen LogP contribution < -0.4 is 19.5 Å². The molecule has 1 amide bonds. The molecule has 142 valence electrons. The first-order chi connectivity index (χ1) is 12.7. The molecule has 0 atom stereocenters. The van der Waals surface area contributed by atoms with Gasteiger partial charge in [-0.05, 0) is 20.3 Å². The van der Waals surface area contributed by atoms with E-state index in [0.29, 0.717) is 31.3 Å². The predicted octanol–water partition coefficient (Wildman–Crippen LogP) is 5.31. The number of nitrogens with one attached hydrogen (secondary N) is 1. The van der Waals surface area contributed by atoms with Crippen molar-refractivity contribution < 1.29 is 19.0 Å². The third-order valence-corrected chi connectivity index (χ3v) is 4.02. The fourth-order valence-corrected chi connectivity index (χ4v) is 2.80. The molecule has 0 radical (unpaired) electrons. The van der Waals surface area contributed by atoms with Crippen LogP contribution in [0.4, 0.5) is 4.79 Å². The highest BCUT2D eigenvalue weighted by Gasteiger charge is 2.18. The van der Waals surface area contributed by atoms with E-state index in [9.17, 15) is 4.79 Å². The van der Waals surface area contributed by atoms with E-state index in [4.69, 9.17) is 14.2 Å². The lowest BCUT2D eigenvalue weighted by molar-refractivity contribution is 0.197. The van der Waals surface area contributed by atoms with Crippen LogP contribution in [-0.4, -0.2) is 25.9 Å². The minimum Gasteiger partial charge on any atom is -0.493 e. The highest BCUT2D eigenvalue weighted by atomic mass is 16.6. The molecule has 0 saturated heterocycles. The van der Waals surface area contributed by atoms with Crippen LogP contribution in [0.5, 0.6) is 17.2 Å². The summed E-state index contributed by atoms with van der Waals surface area (Å²) in [5, 5.41) is 4.50. The molecule has 0 bridgehead atoms. The number of rotatable bonds is 10. The number of hydrogen-bond donors (Lipinski definition) is 1. The summed E-state index contributed by atoms with van der Waals surface area (Å²) in [7, 11) is 0. The predicted molar refractivity (Wildman–Crippen MR) is 104 cm³/mol. The quantitative estimate of drug-likeness (QED) is 0.584. The van der Waals surface area contributed by atoms with Gasteiger partial charge in [-0.15, -0.1) is 0 Å². The van der Waals surface area contributed by atoms with Gasteiger partial charge in [0.25, 0.3) is 0 Å². The zero-order valence-corrected chi connectivity index (χ0v) is 16.0. The summed E-state index contributed by atoms with van der Waals surface area (Å²) in [4.78, 5) is 12.2. The van der Waals surface area contributed by atoms with E-state index in [1.165, 1.54) is 12.8 Å². The van der Waals surface area contributed by atoms with Crippen molar-refractivity contribution in [2.24, 2.45) is 0 Å². The molecule has 5 heteroatoms. The lowest BCUT2D eigenvalue weighted by Gasteiger charge is -2.16. The topological polar surface area (TPSA) is 56.8 Å². The van der Waals surface area contributed by atoms with Crippen LogP contribution in [0, 0.1) is 0 Å². The Balaban J connectivity index is 2.22. The number of carbonyl (C=O) groups is 1. The fourth-order valence-electron chi connectivity index (χ4n) is 2.80. The number of fused-ring (bicyclic) bond motifs is 1. The van der Waals surface area contributed by atoms with Gasteiger partial charge in [0.15, 0.2) is 11.5 Å². The van der Waals surface area contributed by atoms with Crippen LogP contribution in [0.2, 0.25) is 0 Å². The largest absolute Gasteiger partial charge is 0.493 e. The number of carbonyl (C=O) groups excluding carboxylic acids is 1. The van der Waals surface area contributed by atoms with Gasteiger partial charge in [-0.3, -0.25) is 0 Å². The Hall–Kier alpha value is -2.43. The first-order valence-electron chi connectivity index (χ1n) is 9.48. The monoisotopic (exact) mass is 359 g/mol. The molecule has 26 heavy (non-hydrogen) atoms. The van der Waals surface area contributed by atoms with Crippen LogP contribution >= 0.6 is 0 Å². The van der Waals surface area contributed by atoms with Crippen LogP contribution in [-0.2, 0) is 0 Å². The minimum absolute atomic E-state index is 0.428. The summed E-state index contributed by atoms with van der Waals surface area (Å²) in [5.41, 5.74) is 0. The lowest BCUT2D eigenvalue weighted by atomic mass is 10.1. The molecule has 0 spiro atoms. The third-order valence-electron chi connectivity index (χ3n) is 4.02. The Morgan fingerprint density at radius 3 is 2.31 bits per heavy atom. The number of ether oxygens (including phenoxy) is 3. The molecule has 0 aliphatic heterocycles. The normalized spacial score (nSPS) is 10.6. The maximum atomic E-state index is 12.2. The number of hydrogen-bond acceptors (Lipinski definition) is 4. The summed E-state index contributed by atoms with van der Waals surface area (Å²) in [5.74, 6) is 1.66. The van der Waals surface area contributed by atoms with E-state index in [1.807, 2.05) is 38.1 Å². The SMILES string of the molecule is CCCCCCNC(=O)Oc1c(OCC)cc(OCC)c2ccccc12. The van der Waals surface area contributed by atoms with E-state index in [1.54, 1.807) is 6.07 Å². The van der Waals surface area contributed by atoms with Gasteiger partial charge in [0, 0.05) is 23.4 Å². The highest BCUT2D eigenvalue weighted by Crippen LogP contribution is 2.41. The minimum atomic E-state index is -0.461. The zero-order chi connectivity index (χ0) is 18.8. The summed E-state index contributed by atoms with van der Waals surface area (Å²) in [6.45, 7) is 7.62. The number of amides is 1. The van der Waals surface area contributed by atoms with Crippen molar-refractivity contribution in [1.82, 2.24) is 5.32 Å². The van der Waals surface area contributed by atoms with Gasteiger partial charge in [0.1, 0.15) is 5.75 Å². The summed E-state index contributed by atoms with van der Waals surface area (Å²) < 4.78 is 17.1. The summed E-state index contributed by atoms with van der Waals surface area (Å²) >= 11 is 0. The molecule has 2 aromatic carbocycles. The Bertz CT molecular complexity index is 714. The van der Waals surface area contributed by atoms with Gasteiger partial charge in [-0.1, -0.05) is 50.5 Å². The molecular weight excluding hydrogens is 330 g/mol. The molecule has 1 N–H and O–H groups in total. The Kier molecular flexibility index (Phi) is 8.06. The van der Waals surface area contributed by atoms with Crippen LogP contribution in [0.1, 0.15) is 46.5 Å². The molecule has 0 unspecified atom stereocenters. The maximum Gasteiger partial charge on any atom is 0.412 e. The van der Waals surface area contributed by atoms with Gasteiger partial charge < -0.3 is 19.5 Å². The van der Waals surface area contributed by atoms with Crippen molar-refractivity contribution in [2.75, 3.05) is 19.8 Å². The molecular formula is C21H29NO4. The molecule has 0 saturated carbocycles. The average molecular weight is 359 g/mol. The van der Waals surface area contributed by atoms with Crippen molar-refractivity contribution in [3.63, 3.8) is 0 Å². The lowest BCUT2D eigenvalue weighted by Crippen LogP contribution is -2.28. The molecule has 0 aromatic heterocycles. The van der Waals surface area contributed by atoms with Gasteiger partial charge >= 0.3 is 6.09 Å². The van der Waals surface area contributed by atoms with Gasteiger partial charge in [0.2, 0.25) is 0 Å². The Labute approximate surface area is 155 Å². The first-order valence-corrected chi connectivity index (χ1v) is 9.48. The molecule has 5 nitrogen and oxygen atoms in total. The Morgan fingerprint density at radius 2 is 1.62 bits per heavy atom. The first kappa shape index (κ1) is 19.9. The maximum absolute atomic E-state index is 12.2. The van der Waals surface area contributed by atoms with Crippen molar-refractivity contribution in [3.8, 4) is 17.2 Å². The van der Waals surface area contributed by atoms with Gasteiger partial charge in [-0.2, -0.15) is 0 Å². The summed E-state index contributed by atoms with van der Waals surface area (Å²) in [6, 6.07) is 9.49. The Morgan fingerprint density at radius 1 is 0.923 bits per heavy atom. The van der Waals surface area contributed by atoms with E-state index in [0.717, 1.165) is 29.4 Å². The van der Waals surface area contributed by atoms with E-state index in [-0.39, 0.29) is 0 Å². The van der Waals surface area contributed by atoms with E-state index in [2.05, 4.69) is 12.2 Å². The molecule has 0 heterocycles. The van der Waals surface area contributed by atoms with Gasteiger partial charge in [-0.25, -0.2) is 4.79 Å². The average Bonchev–Trinajstić information content (AvgIpc) is 2.65. The molecule has 2 aromatic rings. The van der Waals surface area contributed by atoms with Crippen LogP contribution in [0.15, 0.2) is 30.3 Å². The second-order valence-electron chi connectivity index (χ2n) is 5.99. The van der Waals surface area contributed by atoms with Crippen molar-refractivity contribution in [2.45, 2.75) is 46.5 Å². The number of unbranched alkanes of at least 4 members (excludes halogenated alkanes) is 3. The van der Waals surface area contributed by atoms with Crippen molar-refractivity contribution in [1.29, 1.82) is 0 Å². The molecule has 0 fully saturated rings. The second kappa shape index (κ2) is 10.5. The van der Waals surface area contributed by atoms with Crippen LogP contribution in [0.3, 0.4) is 0 Å².